The van der Waals surface area contributed by atoms with Gasteiger partial charge in [0.15, 0.2) is 0 Å². The van der Waals surface area contributed by atoms with Gasteiger partial charge in [-0.25, -0.2) is 0 Å². The van der Waals surface area contributed by atoms with E-state index >= 15 is 0 Å². The van der Waals surface area contributed by atoms with Gasteiger partial charge >= 0.3 is 0 Å². The lowest BCUT2D eigenvalue weighted by Crippen LogP contribution is -2.29. The number of ether oxygens (including phenoxy) is 2. The number of allylic oxidation sites excluding steroid dienone is 4. The Kier molecular flexibility index (Phi) is 14.9. The monoisotopic (exact) mass is 708 g/mol. The molecule has 47 heavy (non-hydrogen) atoms. The average Bonchev–Trinajstić information content (AvgIpc) is 3.33. The normalized spacial score (nSPS) is 15.5. The van der Waals surface area contributed by atoms with Crippen LogP contribution in [-0.2, 0) is 9.47 Å². The molecule has 0 amide bonds. The molecule has 0 saturated heterocycles. The molecule has 0 N–H and O–H groups in total. The first-order valence-corrected chi connectivity index (χ1v) is 18.7. The SMILES string of the molecule is C/C=C1/C=C(OCCN(C)CCCN(C)CCOC2=Cc3ccccc3Sc3ccc(Cl)cc32)c2cc(Cl)ccc2S/C1=C/C.CC. The molecule has 0 bridgehead atoms. The van der Waals surface area contributed by atoms with Crippen LogP contribution in [0, 0.1) is 0 Å². The van der Waals surface area contributed by atoms with Crippen LogP contribution in [0.25, 0.3) is 17.6 Å². The zero-order valence-electron chi connectivity index (χ0n) is 28.3. The average molecular weight is 710 g/mol. The Morgan fingerprint density at radius 3 is 1.79 bits per heavy atom. The molecule has 0 unspecified atom stereocenters. The lowest BCUT2D eigenvalue weighted by atomic mass is 10.1. The first kappa shape index (κ1) is 37.2. The topological polar surface area (TPSA) is 24.9 Å². The van der Waals surface area contributed by atoms with Crippen LogP contribution < -0.4 is 0 Å². The third-order valence-electron chi connectivity index (χ3n) is 7.74. The Balaban J connectivity index is 0.00000245. The van der Waals surface area contributed by atoms with E-state index in [9.17, 15) is 0 Å². The van der Waals surface area contributed by atoms with Crippen LogP contribution in [0.4, 0.5) is 0 Å². The number of rotatable bonds is 12. The van der Waals surface area contributed by atoms with Crippen LogP contribution >= 0.6 is 46.7 Å². The van der Waals surface area contributed by atoms with Crippen molar-refractivity contribution in [2.24, 2.45) is 0 Å². The van der Waals surface area contributed by atoms with E-state index in [1.165, 1.54) is 9.80 Å². The highest BCUT2D eigenvalue weighted by Gasteiger charge is 2.20. The fourth-order valence-electron chi connectivity index (χ4n) is 5.21. The third kappa shape index (κ3) is 10.5. The summed E-state index contributed by atoms with van der Waals surface area (Å²) in [7, 11) is 4.31. The highest BCUT2D eigenvalue weighted by Crippen LogP contribution is 2.43. The van der Waals surface area contributed by atoms with E-state index in [0.29, 0.717) is 23.3 Å². The van der Waals surface area contributed by atoms with Crippen molar-refractivity contribution >= 4 is 64.3 Å². The van der Waals surface area contributed by atoms with E-state index in [1.54, 1.807) is 23.5 Å². The summed E-state index contributed by atoms with van der Waals surface area (Å²) in [5, 5.41) is 1.43. The molecular formula is C39H46Cl2N2O2S2. The fourth-order valence-corrected chi connectivity index (χ4v) is 7.65. The summed E-state index contributed by atoms with van der Waals surface area (Å²) < 4.78 is 12.8. The molecule has 2 aliphatic rings. The van der Waals surface area contributed by atoms with Crippen LogP contribution in [0.3, 0.4) is 0 Å². The molecule has 0 atom stereocenters. The van der Waals surface area contributed by atoms with Crippen molar-refractivity contribution in [1.29, 1.82) is 0 Å². The van der Waals surface area contributed by atoms with Gasteiger partial charge in [-0.1, -0.05) is 90.9 Å². The summed E-state index contributed by atoms with van der Waals surface area (Å²) in [6.07, 6.45) is 9.61. The van der Waals surface area contributed by atoms with Crippen molar-refractivity contribution in [3.05, 3.63) is 116 Å². The van der Waals surface area contributed by atoms with Crippen molar-refractivity contribution in [2.75, 3.05) is 53.5 Å². The summed E-state index contributed by atoms with van der Waals surface area (Å²) in [5.41, 5.74) is 4.42. The zero-order chi connectivity index (χ0) is 33.8. The lowest BCUT2D eigenvalue weighted by Gasteiger charge is -2.21. The summed E-state index contributed by atoms with van der Waals surface area (Å²) in [4.78, 5) is 9.41. The maximum Gasteiger partial charge on any atom is 0.128 e. The Morgan fingerprint density at radius 2 is 1.21 bits per heavy atom. The summed E-state index contributed by atoms with van der Waals surface area (Å²) in [5.74, 6) is 1.74. The molecule has 4 nitrogen and oxygen atoms in total. The largest absolute Gasteiger partial charge is 0.492 e. The number of thioether (sulfide) groups is 1. The molecule has 0 fully saturated rings. The van der Waals surface area contributed by atoms with E-state index < -0.39 is 0 Å². The number of hydrogen-bond acceptors (Lipinski definition) is 6. The van der Waals surface area contributed by atoms with E-state index in [4.69, 9.17) is 32.7 Å². The molecule has 250 valence electrons. The third-order valence-corrected chi connectivity index (χ3v) is 10.6. The molecule has 5 rings (SSSR count). The second-order valence-corrected chi connectivity index (χ2v) is 14.1. The van der Waals surface area contributed by atoms with Gasteiger partial charge in [-0.3, -0.25) is 0 Å². The number of benzene rings is 3. The molecule has 0 saturated carbocycles. The van der Waals surface area contributed by atoms with Crippen molar-refractivity contribution in [3.63, 3.8) is 0 Å². The molecule has 2 heterocycles. The van der Waals surface area contributed by atoms with Gasteiger partial charge in [0.2, 0.25) is 0 Å². The van der Waals surface area contributed by atoms with Crippen molar-refractivity contribution < 1.29 is 9.47 Å². The van der Waals surface area contributed by atoms with E-state index in [0.717, 1.165) is 76.2 Å². The molecule has 3 aromatic rings. The van der Waals surface area contributed by atoms with Gasteiger partial charge in [-0.2, -0.15) is 0 Å². The number of nitrogens with zero attached hydrogens (tertiary/aromatic N) is 2. The van der Waals surface area contributed by atoms with Crippen LogP contribution in [0.15, 0.2) is 104 Å². The summed E-state index contributed by atoms with van der Waals surface area (Å²) in [6, 6.07) is 20.5. The minimum atomic E-state index is 0.604. The second kappa shape index (κ2) is 18.8. The molecule has 3 aromatic carbocycles. The predicted octanol–water partition coefficient (Wildman–Crippen LogP) is 11.3. The number of halogens is 2. The lowest BCUT2D eigenvalue weighted by molar-refractivity contribution is 0.192. The van der Waals surface area contributed by atoms with Crippen LogP contribution in [0.2, 0.25) is 10.0 Å². The quantitative estimate of drug-likeness (QED) is 0.186. The van der Waals surface area contributed by atoms with Gasteiger partial charge in [0, 0.05) is 53.9 Å². The van der Waals surface area contributed by atoms with Gasteiger partial charge in [0.25, 0.3) is 0 Å². The van der Waals surface area contributed by atoms with Crippen LogP contribution in [-0.4, -0.2) is 63.3 Å². The van der Waals surface area contributed by atoms with E-state index in [-0.39, 0.29) is 0 Å². The van der Waals surface area contributed by atoms with Gasteiger partial charge in [0.05, 0.1) is 0 Å². The van der Waals surface area contributed by atoms with Crippen molar-refractivity contribution in [2.45, 2.75) is 48.8 Å². The van der Waals surface area contributed by atoms with Crippen LogP contribution in [0.1, 0.15) is 50.8 Å². The van der Waals surface area contributed by atoms with Gasteiger partial charge in [-0.15, -0.1) is 0 Å². The Bertz CT molecular complexity index is 1630. The van der Waals surface area contributed by atoms with E-state index in [1.807, 2.05) is 38.1 Å². The van der Waals surface area contributed by atoms with Gasteiger partial charge in [-0.05, 0) is 113 Å². The van der Waals surface area contributed by atoms with E-state index in [2.05, 4.69) is 98.4 Å². The highest BCUT2D eigenvalue weighted by atomic mass is 35.5. The second-order valence-electron chi connectivity index (χ2n) is 11.1. The molecule has 0 aromatic heterocycles. The predicted molar refractivity (Wildman–Crippen MR) is 206 cm³/mol. The van der Waals surface area contributed by atoms with Gasteiger partial charge < -0.3 is 19.3 Å². The van der Waals surface area contributed by atoms with Crippen LogP contribution in [0.5, 0.6) is 0 Å². The smallest absolute Gasteiger partial charge is 0.128 e. The molecular weight excluding hydrogens is 663 g/mol. The number of likely N-dealkylation sites (N-methyl/N-ethyl adjacent to an activating group) is 2. The first-order chi connectivity index (χ1) is 22.8. The zero-order valence-corrected chi connectivity index (χ0v) is 31.5. The summed E-state index contributed by atoms with van der Waals surface area (Å²) in [6.45, 7) is 13.0. The molecule has 8 heteroatoms. The summed E-state index contributed by atoms with van der Waals surface area (Å²) >= 11 is 16.3. The number of hydrogen-bond donors (Lipinski definition) is 0. The molecule has 2 aliphatic heterocycles. The molecule has 0 radical (unpaired) electrons. The highest BCUT2D eigenvalue weighted by molar-refractivity contribution is 8.03. The minimum absolute atomic E-state index is 0.604. The molecule has 0 aliphatic carbocycles. The first-order valence-electron chi connectivity index (χ1n) is 16.3. The maximum absolute atomic E-state index is 6.38. The number of fused-ring (bicyclic) bond motifs is 3. The fraction of sp³-hybridized carbons (Fsp3) is 0.333. The van der Waals surface area contributed by atoms with Crippen molar-refractivity contribution in [3.8, 4) is 0 Å². The Labute approximate surface area is 300 Å². The minimum Gasteiger partial charge on any atom is -0.492 e. The molecule has 0 spiro atoms. The van der Waals surface area contributed by atoms with Crippen molar-refractivity contribution in [1.82, 2.24) is 9.80 Å². The maximum atomic E-state index is 6.38. The standard InChI is InChI=1S/C37H40Cl2N2O2S2.C2H6/c1-5-26-22-32(30-24-28(38)12-14-36(30)44-34(26)6-2)42-20-18-40(3)16-9-17-41(4)19-21-43-33-23-27-10-7-8-11-35(27)45-37-15-13-29(39)25-31(33)37;1-2/h5-8,10-15,22-25H,9,16-21H2,1-4H3;1-2H3/b26-5-,34-6+;. The van der Waals surface area contributed by atoms with Gasteiger partial charge in [0.1, 0.15) is 24.7 Å². The Morgan fingerprint density at radius 1 is 0.660 bits per heavy atom. The Hall–Kier alpha value is -2.58.